The van der Waals surface area contributed by atoms with E-state index in [1.54, 1.807) is 0 Å². The van der Waals surface area contributed by atoms with Crippen LogP contribution in [0.4, 0.5) is 0 Å². The predicted molar refractivity (Wildman–Crippen MR) is 94.6 cm³/mol. The number of unbranched alkanes of at least 4 members (excludes halogenated alkanes) is 3. The number of carboxylic acids is 2. The van der Waals surface area contributed by atoms with Gasteiger partial charge in [0, 0.05) is 31.0 Å². The number of rotatable bonds is 8. The summed E-state index contributed by atoms with van der Waals surface area (Å²) in [5, 5.41) is 17.2. The molecule has 1 aromatic carbocycles. The zero-order valence-electron chi connectivity index (χ0n) is 14.0. The normalized spacial score (nSPS) is 10.2. The van der Waals surface area contributed by atoms with Gasteiger partial charge in [-0.25, -0.2) is 9.59 Å². The third-order valence-corrected chi connectivity index (χ3v) is 3.69. The van der Waals surface area contributed by atoms with E-state index in [9.17, 15) is 18.0 Å². The third kappa shape index (κ3) is 11.3. The molecule has 0 aliphatic rings. The Labute approximate surface area is 169 Å². The maximum Gasteiger partial charge on any atom is 0.335 e. The van der Waals surface area contributed by atoms with Crippen LogP contribution in [0.15, 0.2) is 23.1 Å². The minimum Gasteiger partial charge on any atom is -0.478 e. The van der Waals surface area contributed by atoms with Gasteiger partial charge in [-0.2, -0.15) is 8.42 Å². The van der Waals surface area contributed by atoms with Crippen LogP contribution >= 0.6 is 0 Å². The van der Waals surface area contributed by atoms with Gasteiger partial charge < -0.3 is 21.7 Å². The predicted octanol–water partition coefficient (Wildman–Crippen LogP) is 0.659. The quantitative estimate of drug-likeness (QED) is 0.243. The molecule has 0 aliphatic heterocycles. The van der Waals surface area contributed by atoms with Crippen molar-refractivity contribution in [1.29, 1.82) is 0 Å². The minimum absolute atomic E-state index is 0. The van der Waals surface area contributed by atoms with Crippen LogP contribution in [0.3, 0.4) is 0 Å². The summed E-state index contributed by atoms with van der Waals surface area (Å²) in [5.41, 5.74) is 9.49. The Hall–Kier alpha value is -1.01. The second kappa shape index (κ2) is 13.2. The second-order valence-electron chi connectivity index (χ2n) is 4.82. The first-order valence-electron chi connectivity index (χ1n) is 7.12. The molecule has 0 atom stereocenters. The number of aromatic carboxylic acids is 2. The van der Waals surface area contributed by atoms with E-state index in [-0.39, 0.29) is 31.0 Å². The largest absolute Gasteiger partial charge is 0.478 e. The molecule has 0 saturated heterocycles. The summed E-state index contributed by atoms with van der Waals surface area (Å²) in [5.74, 6) is -2.99. The summed E-state index contributed by atoms with van der Waals surface area (Å²) in [6.07, 6.45) is 4.79. The van der Waals surface area contributed by atoms with Gasteiger partial charge in [-0.3, -0.25) is 4.55 Å². The monoisotopic (exact) mass is 387 g/mol. The smallest absolute Gasteiger partial charge is 0.335 e. The van der Waals surface area contributed by atoms with Crippen molar-refractivity contribution < 1.29 is 34.2 Å². The SMILES string of the molecule is NCCCCCCN.O=C(O)c1cc(C(=O)O)cc(S(=O)(=O)O)c1.[HH].[Na]. The van der Waals surface area contributed by atoms with Crippen LogP contribution in [-0.2, 0) is 10.1 Å². The summed E-state index contributed by atoms with van der Waals surface area (Å²) in [4.78, 5) is 20.4. The molecule has 1 radical (unpaired) electrons. The summed E-state index contributed by atoms with van der Waals surface area (Å²) in [6.45, 7) is 1.65. The van der Waals surface area contributed by atoms with Crippen molar-refractivity contribution in [2.45, 2.75) is 30.6 Å². The minimum atomic E-state index is -4.64. The maximum atomic E-state index is 10.8. The van der Waals surface area contributed by atoms with E-state index >= 15 is 0 Å². The molecule has 9 nitrogen and oxygen atoms in total. The molecule has 0 aliphatic carbocycles. The van der Waals surface area contributed by atoms with Crippen LogP contribution in [0.1, 0.15) is 47.8 Å². The molecule has 0 aromatic heterocycles. The molecule has 0 amide bonds. The Morgan fingerprint density at radius 3 is 1.48 bits per heavy atom. The molecule has 25 heavy (non-hydrogen) atoms. The van der Waals surface area contributed by atoms with Crippen LogP contribution in [0, 0.1) is 0 Å². The van der Waals surface area contributed by atoms with Crippen molar-refractivity contribution in [2.24, 2.45) is 11.5 Å². The number of hydrogen-bond donors (Lipinski definition) is 5. The van der Waals surface area contributed by atoms with Crippen molar-refractivity contribution in [2.75, 3.05) is 13.1 Å². The van der Waals surface area contributed by atoms with Gasteiger partial charge in [-0.05, 0) is 44.1 Å². The van der Waals surface area contributed by atoms with E-state index in [0.717, 1.165) is 32.0 Å². The van der Waals surface area contributed by atoms with Crippen LogP contribution in [0.25, 0.3) is 0 Å². The van der Waals surface area contributed by atoms with Crippen molar-refractivity contribution in [1.82, 2.24) is 0 Å². The first kappa shape index (κ1) is 26.2. The third-order valence-electron chi connectivity index (χ3n) is 2.86. The number of benzene rings is 1. The second-order valence-corrected chi connectivity index (χ2v) is 6.24. The summed E-state index contributed by atoms with van der Waals surface area (Å²) < 4.78 is 30.2. The van der Waals surface area contributed by atoms with Gasteiger partial charge in [0.15, 0.2) is 0 Å². The maximum absolute atomic E-state index is 10.8. The zero-order valence-corrected chi connectivity index (χ0v) is 16.8. The Kier molecular flexibility index (Phi) is 13.9. The first-order chi connectivity index (χ1) is 11.1. The Bertz CT molecular complexity index is 633. The number of hydrogen-bond acceptors (Lipinski definition) is 6. The fraction of sp³-hybridized carbons (Fsp3) is 0.429. The van der Waals surface area contributed by atoms with Crippen molar-refractivity contribution >= 4 is 51.6 Å². The van der Waals surface area contributed by atoms with Crippen molar-refractivity contribution in [3.8, 4) is 0 Å². The average molecular weight is 387 g/mol. The van der Waals surface area contributed by atoms with Gasteiger partial charge in [0.05, 0.1) is 16.0 Å². The number of nitrogens with two attached hydrogens (primary N) is 2. The fourth-order valence-electron chi connectivity index (χ4n) is 1.64. The van der Waals surface area contributed by atoms with Crippen molar-refractivity contribution in [3.05, 3.63) is 29.3 Å². The standard InChI is InChI=1S/C8H6O7S.C6H16N2.Na.H2/c9-7(10)4-1-5(8(11)12)3-6(2-4)16(13,14)15;7-5-3-1-2-4-6-8;;/h1-3H,(H,9,10)(H,11,12)(H,13,14,15);1-8H2;;1H. The molecule has 0 spiro atoms. The Morgan fingerprint density at radius 1 is 0.880 bits per heavy atom. The first-order valence-corrected chi connectivity index (χ1v) is 8.56. The topological polar surface area (TPSA) is 181 Å². The Balaban J connectivity index is -0.000000457. The zero-order chi connectivity index (χ0) is 18.8. The average Bonchev–Trinajstić information content (AvgIpc) is 2.51. The van der Waals surface area contributed by atoms with Gasteiger partial charge in [-0.15, -0.1) is 0 Å². The van der Waals surface area contributed by atoms with Crippen molar-refractivity contribution in [3.63, 3.8) is 0 Å². The van der Waals surface area contributed by atoms with E-state index < -0.39 is 38.1 Å². The summed E-state index contributed by atoms with van der Waals surface area (Å²) in [6, 6.07) is 2.13. The van der Waals surface area contributed by atoms with Crippen LogP contribution in [0.5, 0.6) is 0 Å². The molecular formula is C14H24N2NaO7S. The molecule has 0 bridgehead atoms. The number of carbonyl (C=O) groups is 2. The molecule has 0 fully saturated rings. The van der Waals surface area contributed by atoms with Crippen LogP contribution < -0.4 is 11.5 Å². The molecule has 1 aromatic rings. The molecule has 139 valence electrons. The molecule has 0 heterocycles. The van der Waals surface area contributed by atoms with Gasteiger partial charge >= 0.3 is 11.9 Å². The summed E-state index contributed by atoms with van der Waals surface area (Å²) in [7, 11) is -4.64. The van der Waals surface area contributed by atoms with Crippen LogP contribution in [-0.4, -0.2) is 77.8 Å². The molecule has 1 rings (SSSR count). The fourth-order valence-corrected chi connectivity index (χ4v) is 2.19. The molecular weight excluding hydrogens is 363 g/mol. The van der Waals surface area contributed by atoms with E-state index in [2.05, 4.69) is 0 Å². The molecule has 7 N–H and O–H groups in total. The van der Waals surface area contributed by atoms with Gasteiger partial charge in [0.25, 0.3) is 10.1 Å². The number of carboxylic acid groups (broad SMARTS) is 2. The van der Waals surface area contributed by atoms with Gasteiger partial charge in [0.1, 0.15) is 0 Å². The van der Waals surface area contributed by atoms with E-state index in [1.807, 2.05) is 0 Å². The molecule has 11 heteroatoms. The Morgan fingerprint density at radius 2 is 1.24 bits per heavy atom. The van der Waals surface area contributed by atoms with Gasteiger partial charge in [0.2, 0.25) is 0 Å². The van der Waals surface area contributed by atoms with Crippen LogP contribution in [0.2, 0.25) is 0 Å². The summed E-state index contributed by atoms with van der Waals surface area (Å²) >= 11 is 0. The molecule has 0 saturated carbocycles. The van der Waals surface area contributed by atoms with E-state index in [0.29, 0.717) is 12.1 Å². The van der Waals surface area contributed by atoms with Gasteiger partial charge in [-0.1, -0.05) is 12.8 Å². The van der Waals surface area contributed by atoms with E-state index in [1.165, 1.54) is 12.8 Å². The molecule has 0 unspecified atom stereocenters. The van der Waals surface area contributed by atoms with E-state index in [4.69, 9.17) is 26.2 Å².